The van der Waals surface area contributed by atoms with Crippen molar-refractivity contribution in [2.75, 3.05) is 13.2 Å². The average molecular weight is 517 g/mol. The highest BCUT2D eigenvalue weighted by Gasteiger charge is 2.23. The number of aromatic nitrogens is 1. The number of fused-ring (bicyclic) bond motifs is 1. The maximum Gasteiger partial charge on any atom is 0.250 e. The normalized spacial score (nSPS) is 11.1. The Bertz CT molecular complexity index is 1340. The van der Waals surface area contributed by atoms with Gasteiger partial charge in [0, 0.05) is 40.8 Å². The highest BCUT2D eigenvalue weighted by atomic mass is 35.5. The SMILES string of the molecule is CC(C)N(CC(=O)NCc1cccc(Cl)c1F)C(=O)Cn1cc(C(N)=O)c2cc(C(=O)CO)ccc21. The van der Waals surface area contributed by atoms with Crippen LogP contribution in [0.1, 0.15) is 40.1 Å². The third-order valence-electron chi connectivity index (χ3n) is 5.68. The Hall–Kier alpha value is -3.76. The number of nitrogens with one attached hydrogen (secondary N) is 1. The number of rotatable bonds is 10. The van der Waals surface area contributed by atoms with Crippen LogP contribution in [0, 0.1) is 5.82 Å². The Morgan fingerprint density at radius 3 is 2.56 bits per heavy atom. The first-order valence-electron chi connectivity index (χ1n) is 11.1. The molecule has 0 unspecified atom stereocenters. The molecule has 3 amide bonds. The monoisotopic (exact) mass is 516 g/mol. The Morgan fingerprint density at radius 1 is 1.19 bits per heavy atom. The number of ketones is 1. The van der Waals surface area contributed by atoms with Gasteiger partial charge in [-0.2, -0.15) is 0 Å². The molecule has 0 spiro atoms. The fourth-order valence-electron chi connectivity index (χ4n) is 3.77. The molecule has 0 bridgehead atoms. The first-order valence-corrected chi connectivity index (χ1v) is 11.5. The van der Waals surface area contributed by atoms with E-state index >= 15 is 0 Å². The number of Topliss-reactive ketones (excluding diaryl/α,β-unsaturated/α-hetero) is 1. The fraction of sp³-hybridized carbons (Fsp3) is 0.280. The summed E-state index contributed by atoms with van der Waals surface area (Å²) in [7, 11) is 0. The van der Waals surface area contributed by atoms with E-state index in [0.29, 0.717) is 10.9 Å². The molecule has 0 saturated heterocycles. The molecular weight excluding hydrogens is 491 g/mol. The Morgan fingerprint density at radius 2 is 1.92 bits per heavy atom. The number of carbonyl (C=O) groups excluding carboxylic acids is 4. The fourth-order valence-corrected chi connectivity index (χ4v) is 3.97. The lowest BCUT2D eigenvalue weighted by molar-refractivity contribution is -0.138. The number of nitrogens with two attached hydrogens (primary N) is 1. The number of amides is 3. The number of benzene rings is 2. The number of carbonyl (C=O) groups is 4. The van der Waals surface area contributed by atoms with Gasteiger partial charge >= 0.3 is 0 Å². The number of aliphatic hydroxyl groups is 1. The van der Waals surface area contributed by atoms with E-state index in [-0.39, 0.29) is 47.4 Å². The quantitative estimate of drug-likeness (QED) is 0.355. The Balaban J connectivity index is 1.78. The molecule has 0 atom stereocenters. The topological polar surface area (TPSA) is 135 Å². The van der Waals surface area contributed by atoms with Crippen LogP contribution in [-0.2, 0) is 22.7 Å². The molecule has 11 heteroatoms. The van der Waals surface area contributed by atoms with Crippen molar-refractivity contribution in [1.82, 2.24) is 14.8 Å². The molecule has 0 aliphatic carbocycles. The van der Waals surface area contributed by atoms with Crippen molar-refractivity contribution in [2.45, 2.75) is 33.0 Å². The molecule has 1 aromatic heterocycles. The lowest BCUT2D eigenvalue weighted by Crippen LogP contribution is -2.45. The highest BCUT2D eigenvalue weighted by molar-refractivity contribution is 6.30. The number of halogens is 2. The maximum atomic E-state index is 14.1. The van der Waals surface area contributed by atoms with Gasteiger partial charge in [-0.3, -0.25) is 19.2 Å². The van der Waals surface area contributed by atoms with Crippen molar-refractivity contribution in [3.63, 3.8) is 0 Å². The molecule has 4 N–H and O–H groups in total. The van der Waals surface area contributed by atoms with Gasteiger partial charge in [0.25, 0.3) is 5.91 Å². The maximum absolute atomic E-state index is 14.1. The summed E-state index contributed by atoms with van der Waals surface area (Å²) >= 11 is 5.77. The van der Waals surface area contributed by atoms with E-state index in [4.69, 9.17) is 22.4 Å². The van der Waals surface area contributed by atoms with Gasteiger partial charge in [0.15, 0.2) is 5.78 Å². The van der Waals surface area contributed by atoms with Gasteiger partial charge in [-0.1, -0.05) is 23.7 Å². The zero-order chi connectivity index (χ0) is 26.6. The Labute approximate surface area is 211 Å². The lowest BCUT2D eigenvalue weighted by Gasteiger charge is -2.26. The van der Waals surface area contributed by atoms with E-state index in [0.717, 1.165) is 0 Å². The highest BCUT2D eigenvalue weighted by Crippen LogP contribution is 2.24. The molecule has 0 saturated carbocycles. The minimum Gasteiger partial charge on any atom is -0.388 e. The van der Waals surface area contributed by atoms with Crippen molar-refractivity contribution >= 4 is 46.0 Å². The van der Waals surface area contributed by atoms with Gasteiger partial charge in [0.2, 0.25) is 11.8 Å². The van der Waals surface area contributed by atoms with Crippen molar-refractivity contribution < 1.29 is 28.7 Å². The zero-order valence-electron chi connectivity index (χ0n) is 19.8. The van der Waals surface area contributed by atoms with Crippen LogP contribution in [0.15, 0.2) is 42.6 Å². The van der Waals surface area contributed by atoms with Gasteiger partial charge in [0.05, 0.1) is 17.1 Å². The minimum absolute atomic E-state index is 0.0529. The molecule has 1 heterocycles. The van der Waals surface area contributed by atoms with Gasteiger partial charge in [0.1, 0.15) is 19.0 Å². The molecule has 9 nitrogen and oxygen atoms in total. The summed E-state index contributed by atoms with van der Waals surface area (Å²) in [6, 6.07) is 8.62. The summed E-state index contributed by atoms with van der Waals surface area (Å²) in [5.74, 6) is -2.78. The van der Waals surface area contributed by atoms with Crippen molar-refractivity contribution in [3.8, 4) is 0 Å². The van der Waals surface area contributed by atoms with Crippen molar-refractivity contribution in [1.29, 1.82) is 0 Å². The second kappa shape index (κ2) is 11.3. The van der Waals surface area contributed by atoms with Gasteiger partial charge in [-0.15, -0.1) is 0 Å². The van der Waals surface area contributed by atoms with E-state index in [2.05, 4.69) is 5.32 Å². The van der Waals surface area contributed by atoms with Crippen LogP contribution in [0.5, 0.6) is 0 Å². The first kappa shape index (κ1) is 26.8. The number of nitrogens with zero attached hydrogens (tertiary/aromatic N) is 2. The van der Waals surface area contributed by atoms with Crippen LogP contribution in [0.25, 0.3) is 10.9 Å². The molecular formula is C25H26ClFN4O5. The molecule has 0 radical (unpaired) electrons. The standard InChI is InChI=1S/C25H26ClFN4O5/c1-14(2)31(11-22(34)29-9-16-4-3-5-19(26)24(16)27)23(35)12-30-10-18(25(28)36)17-8-15(21(33)13-32)6-7-20(17)30/h3-8,10,14,32H,9,11-13H2,1-2H3,(H2,28,36)(H,29,34). The zero-order valence-corrected chi connectivity index (χ0v) is 20.5. The van der Waals surface area contributed by atoms with Gasteiger partial charge < -0.3 is 25.6 Å². The van der Waals surface area contributed by atoms with Gasteiger partial charge in [-0.25, -0.2) is 4.39 Å². The number of aliphatic hydroxyl groups excluding tert-OH is 1. The summed E-state index contributed by atoms with van der Waals surface area (Å²) < 4.78 is 15.6. The molecule has 0 fully saturated rings. The summed E-state index contributed by atoms with van der Waals surface area (Å²) in [5.41, 5.74) is 6.50. The van der Waals surface area contributed by atoms with Gasteiger partial charge in [-0.05, 0) is 38.1 Å². The largest absolute Gasteiger partial charge is 0.388 e. The van der Waals surface area contributed by atoms with Crippen LogP contribution in [0.2, 0.25) is 5.02 Å². The smallest absolute Gasteiger partial charge is 0.250 e. The van der Waals surface area contributed by atoms with E-state index in [1.807, 2.05) is 0 Å². The summed E-state index contributed by atoms with van der Waals surface area (Å²) in [6.45, 7) is 2.24. The van der Waals surface area contributed by atoms with Crippen LogP contribution < -0.4 is 11.1 Å². The lowest BCUT2D eigenvalue weighted by atomic mass is 10.1. The number of hydrogen-bond acceptors (Lipinski definition) is 5. The summed E-state index contributed by atoms with van der Waals surface area (Å²) in [4.78, 5) is 50.9. The number of hydrogen-bond donors (Lipinski definition) is 3. The van der Waals surface area contributed by atoms with Crippen molar-refractivity contribution in [3.05, 3.63) is 70.1 Å². The minimum atomic E-state index is -0.742. The third-order valence-corrected chi connectivity index (χ3v) is 5.97. The molecule has 190 valence electrons. The first-order chi connectivity index (χ1) is 17.0. The second-order valence-corrected chi connectivity index (χ2v) is 8.86. The van der Waals surface area contributed by atoms with E-state index < -0.39 is 35.9 Å². The molecule has 0 aliphatic heterocycles. The predicted molar refractivity (Wildman–Crippen MR) is 132 cm³/mol. The molecule has 3 aromatic rings. The van der Waals surface area contributed by atoms with Crippen LogP contribution in [0.4, 0.5) is 4.39 Å². The predicted octanol–water partition coefficient (Wildman–Crippen LogP) is 2.26. The summed E-state index contributed by atoms with van der Waals surface area (Å²) in [6.07, 6.45) is 1.42. The van der Waals surface area contributed by atoms with Crippen molar-refractivity contribution in [2.24, 2.45) is 5.73 Å². The van der Waals surface area contributed by atoms with E-state index in [1.165, 1.54) is 39.9 Å². The number of primary amides is 1. The molecule has 3 rings (SSSR count). The second-order valence-electron chi connectivity index (χ2n) is 8.45. The molecule has 0 aliphatic rings. The van der Waals surface area contributed by atoms with Crippen LogP contribution in [-0.4, -0.2) is 57.3 Å². The van der Waals surface area contributed by atoms with Crippen LogP contribution in [0.3, 0.4) is 0 Å². The third kappa shape index (κ3) is 5.89. The molecule has 36 heavy (non-hydrogen) atoms. The summed E-state index contributed by atoms with van der Waals surface area (Å²) in [5, 5.41) is 12.0. The van der Waals surface area contributed by atoms with E-state index in [1.54, 1.807) is 26.0 Å². The molecule has 2 aromatic carbocycles. The van der Waals surface area contributed by atoms with Crippen LogP contribution >= 0.6 is 11.6 Å². The Kier molecular flexibility index (Phi) is 8.44. The average Bonchev–Trinajstić information content (AvgIpc) is 3.20. The van der Waals surface area contributed by atoms with E-state index in [9.17, 15) is 23.6 Å².